The largest absolute Gasteiger partial charge is 0.452 e. The van der Waals surface area contributed by atoms with Crippen LogP contribution in [-0.2, 0) is 26.0 Å². The lowest BCUT2D eigenvalue weighted by Crippen LogP contribution is -2.41. The number of sulfonamides is 1. The Morgan fingerprint density at radius 2 is 2.00 bits per heavy atom. The predicted octanol–water partition coefficient (Wildman–Crippen LogP) is 0.791. The van der Waals surface area contributed by atoms with Gasteiger partial charge in [0, 0.05) is 13.1 Å². The molecule has 0 bridgehead atoms. The molecule has 0 fully saturated rings. The van der Waals surface area contributed by atoms with E-state index in [-0.39, 0.29) is 5.56 Å². The Bertz CT molecular complexity index is 837. The highest BCUT2D eigenvalue weighted by atomic mass is 32.2. The first-order valence-corrected chi connectivity index (χ1v) is 10.4. The van der Waals surface area contributed by atoms with Crippen LogP contribution in [-0.4, -0.2) is 52.3 Å². The summed E-state index contributed by atoms with van der Waals surface area (Å²) in [4.78, 5) is 35.1. The molecule has 0 radical (unpaired) electrons. The van der Waals surface area contributed by atoms with E-state index >= 15 is 0 Å². The number of imide groups is 1. The summed E-state index contributed by atoms with van der Waals surface area (Å²) >= 11 is 0. The quantitative estimate of drug-likeness (QED) is 0.685. The van der Waals surface area contributed by atoms with Crippen LogP contribution >= 0.6 is 0 Å². The van der Waals surface area contributed by atoms with Crippen molar-refractivity contribution in [1.29, 1.82) is 0 Å². The summed E-state index contributed by atoms with van der Waals surface area (Å²) in [6.07, 6.45) is 3.15. The van der Waals surface area contributed by atoms with Crippen molar-refractivity contribution in [3.63, 3.8) is 0 Å². The average molecular weight is 397 g/mol. The van der Waals surface area contributed by atoms with Crippen molar-refractivity contribution in [3.05, 3.63) is 29.3 Å². The van der Waals surface area contributed by atoms with Gasteiger partial charge in [-0.2, -0.15) is 0 Å². The van der Waals surface area contributed by atoms with Crippen molar-refractivity contribution in [2.75, 3.05) is 30.3 Å². The number of hydrogen-bond acceptors (Lipinski definition) is 6. The van der Waals surface area contributed by atoms with Crippen molar-refractivity contribution in [3.8, 4) is 0 Å². The first kappa shape index (κ1) is 20.7. The molecule has 1 aliphatic heterocycles. The van der Waals surface area contributed by atoms with E-state index < -0.39 is 34.5 Å². The van der Waals surface area contributed by atoms with Crippen molar-refractivity contribution >= 4 is 33.6 Å². The number of ether oxygens (including phenoxy) is 1. The summed E-state index contributed by atoms with van der Waals surface area (Å²) in [7, 11) is -3.39. The number of carbonyl (C=O) groups excluding carboxylic acids is 3. The molecular formula is C17H23N3O6S. The molecule has 3 amide bonds. The second-order valence-corrected chi connectivity index (χ2v) is 8.07. The van der Waals surface area contributed by atoms with E-state index in [2.05, 4.69) is 10.6 Å². The Labute approximate surface area is 158 Å². The van der Waals surface area contributed by atoms with E-state index in [4.69, 9.17) is 4.74 Å². The molecule has 1 aromatic rings. The first-order chi connectivity index (χ1) is 12.7. The molecule has 0 aromatic heterocycles. The molecule has 27 heavy (non-hydrogen) atoms. The Balaban J connectivity index is 1.98. The molecule has 0 saturated carbocycles. The van der Waals surface area contributed by atoms with Crippen LogP contribution in [0, 0.1) is 0 Å². The van der Waals surface area contributed by atoms with Gasteiger partial charge < -0.3 is 10.1 Å². The minimum absolute atomic E-state index is 0.215. The highest BCUT2D eigenvalue weighted by molar-refractivity contribution is 7.92. The number of fused-ring (bicyclic) bond motifs is 1. The number of carbonyl (C=O) groups is 3. The van der Waals surface area contributed by atoms with E-state index in [1.807, 2.05) is 6.92 Å². The fourth-order valence-electron chi connectivity index (χ4n) is 2.69. The molecule has 10 heteroatoms. The summed E-state index contributed by atoms with van der Waals surface area (Å²) in [5, 5.41) is 4.52. The van der Waals surface area contributed by atoms with Crippen molar-refractivity contribution in [1.82, 2.24) is 10.6 Å². The molecule has 1 heterocycles. The molecule has 2 N–H and O–H groups in total. The number of benzene rings is 1. The van der Waals surface area contributed by atoms with Crippen LogP contribution in [0.4, 0.5) is 10.5 Å². The van der Waals surface area contributed by atoms with Crippen LogP contribution < -0.4 is 14.9 Å². The normalized spacial score (nSPS) is 13.5. The van der Waals surface area contributed by atoms with E-state index in [9.17, 15) is 22.8 Å². The number of hydrogen-bond donors (Lipinski definition) is 2. The zero-order valence-corrected chi connectivity index (χ0v) is 16.1. The Morgan fingerprint density at radius 1 is 1.26 bits per heavy atom. The molecule has 2 rings (SSSR count). The number of nitrogens with one attached hydrogen (secondary N) is 2. The minimum Gasteiger partial charge on any atom is -0.452 e. The molecule has 1 aliphatic rings. The third kappa shape index (κ3) is 5.68. The van der Waals surface area contributed by atoms with Crippen molar-refractivity contribution in [2.24, 2.45) is 0 Å². The van der Waals surface area contributed by atoms with Crippen molar-refractivity contribution in [2.45, 2.75) is 26.2 Å². The molecule has 0 unspecified atom stereocenters. The maximum absolute atomic E-state index is 12.1. The Morgan fingerprint density at radius 3 is 2.67 bits per heavy atom. The van der Waals surface area contributed by atoms with Gasteiger partial charge >= 0.3 is 12.0 Å². The van der Waals surface area contributed by atoms with Crippen LogP contribution in [0.25, 0.3) is 0 Å². The highest BCUT2D eigenvalue weighted by Crippen LogP contribution is 2.30. The third-order valence-corrected chi connectivity index (χ3v) is 5.09. The average Bonchev–Trinajstić information content (AvgIpc) is 2.62. The Kier molecular flexibility index (Phi) is 6.78. The lowest BCUT2D eigenvalue weighted by Gasteiger charge is -2.29. The van der Waals surface area contributed by atoms with Gasteiger partial charge in [-0.3, -0.25) is 14.4 Å². The van der Waals surface area contributed by atoms with Crippen LogP contribution in [0.3, 0.4) is 0 Å². The molecule has 0 atom stereocenters. The second-order valence-electron chi connectivity index (χ2n) is 6.16. The fraction of sp³-hybridized carbons (Fsp3) is 0.471. The third-order valence-electron chi connectivity index (χ3n) is 3.91. The first-order valence-electron chi connectivity index (χ1n) is 8.57. The van der Waals surface area contributed by atoms with Gasteiger partial charge in [0.05, 0.1) is 17.5 Å². The molecule has 0 spiro atoms. The number of amides is 3. The summed E-state index contributed by atoms with van der Waals surface area (Å²) in [5.74, 6) is -1.46. The minimum atomic E-state index is -3.39. The van der Waals surface area contributed by atoms with Gasteiger partial charge in [0.1, 0.15) is 0 Å². The Hall–Kier alpha value is -2.62. The monoisotopic (exact) mass is 397 g/mol. The number of nitrogens with zero attached hydrogens (tertiary/aromatic N) is 1. The van der Waals surface area contributed by atoms with Gasteiger partial charge in [-0.15, -0.1) is 0 Å². The maximum atomic E-state index is 12.1. The van der Waals surface area contributed by atoms with Crippen LogP contribution in [0.15, 0.2) is 18.2 Å². The van der Waals surface area contributed by atoms with E-state index in [0.717, 1.165) is 18.2 Å². The number of aryl methyl sites for hydroxylation is 1. The smallest absolute Gasteiger partial charge is 0.338 e. The predicted molar refractivity (Wildman–Crippen MR) is 99.1 cm³/mol. The van der Waals surface area contributed by atoms with Crippen molar-refractivity contribution < 1.29 is 27.5 Å². The SMILES string of the molecule is CCCNC(=O)NC(=O)COC(=O)c1ccc2c(c1)CCCN2S(C)(=O)=O. The molecule has 148 valence electrons. The lowest BCUT2D eigenvalue weighted by atomic mass is 10.0. The maximum Gasteiger partial charge on any atom is 0.338 e. The topological polar surface area (TPSA) is 122 Å². The summed E-state index contributed by atoms with van der Waals surface area (Å²) in [5.41, 5.74) is 1.49. The standard InChI is InChI=1S/C17H23N3O6S/c1-3-8-18-17(23)19-15(21)11-26-16(22)13-6-7-14-12(10-13)5-4-9-20(14)27(2,24)25/h6-7,10H,3-5,8-9,11H2,1-2H3,(H2,18,19,21,23). The molecule has 1 aromatic carbocycles. The van der Waals surface area contributed by atoms with Crippen LogP contribution in [0.2, 0.25) is 0 Å². The number of urea groups is 1. The summed E-state index contributed by atoms with van der Waals surface area (Å²) in [6, 6.07) is 3.94. The van der Waals surface area contributed by atoms with Crippen LogP contribution in [0.5, 0.6) is 0 Å². The highest BCUT2D eigenvalue weighted by Gasteiger charge is 2.25. The van der Waals surface area contributed by atoms with Gasteiger partial charge in [0.2, 0.25) is 10.0 Å². The zero-order chi connectivity index (χ0) is 20.0. The lowest BCUT2D eigenvalue weighted by molar-refractivity contribution is -0.123. The van der Waals surface area contributed by atoms with E-state index in [0.29, 0.717) is 31.6 Å². The van der Waals surface area contributed by atoms with Gasteiger partial charge in [0.25, 0.3) is 5.91 Å². The molecule has 9 nitrogen and oxygen atoms in total. The summed E-state index contributed by atoms with van der Waals surface area (Å²) < 4.78 is 29.9. The van der Waals surface area contributed by atoms with E-state index in [1.165, 1.54) is 10.4 Å². The van der Waals surface area contributed by atoms with Gasteiger partial charge in [-0.1, -0.05) is 6.92 Å². The number of esters is 1. The van der Waals surface area contributed by atoms with Gasteiger partial charge in [-0.05, 0) is 43.0 Å². The number of rotatable bonds is 6. The van der Waals surface area contributed by atoms with E-state index in [1.54, 1.807) is 12.1 Å². The molecule has 0 aliphatic carbocycles. The number of anilines is 1. The van der Waals surface area contributed by atoms with Gasteiger partial charge in [0.15, 0.2) is 6.61 Å². The molecule has 0 saturated heterocycles. The van der Waals surface area contributed by atoms with Gasteiger partial charge in [-0.25, -0.2) is 18.0 Å². The zero-order valence-electron chi connectivity index (χ0n) is 15.3. The second kappa shape index (κ2) is 8.85. The van der Waals surface area contributed by atoms with Crippen LogP contribution in [0.1, 0.15) is 35.7 Å². The fourth-order valence-corrected chi connectivity index (χ4v) is 3.69. The molecular weight excluding hydrogens is 374 g/mol. The summed E-state index contributed by atoms with van der Waals surface area (Å²) in [6.45, 7) is 2.11.